The Morgan fingerprint density at radius 3 is 2.12 bits per heavy atom. The number of rotatable bonds is 9. The minimum atomic E-state index is -4.29. The van der Waals surface area contributed by atoms with Crippen LogP contribution < -0.4 is 16.0 Å². The van der Waals surface area contributed by atoms with Gasteiger partial charge in [-0.3, -0.25) is 9.96 Å². The van der Waals surface area contributed by atoms with Gasteiger partial charge >= 0.3 is 0 Å². The molecule has 10 nitrogen and oxygen atoms in total. The maximum atomic E-state index is 11.2. The smallest absolute Gasteiger partial charge is 0.294 e. The second-order valence-corrected chi connectivity index (χ2v) is 8.57. The van der Waals surface area contributed by atoms with Gasteiger partial charge in [-0.05, 0) is 60.7 Å². The average Bonchev–Trinajstić information content (AvgIpc) is 2.77. The molecule has 0 fully saturated rings. The van der Waals surface area contributed by atoms with E-state index in [0.29, 0.717) is 41.6 Å². The van der Waals surface area contributed by atoms with Crippen molar-refractivity contribution in [2.24, 2.45) is 10.7 Å². The summed E-state index contributed by atoms with van der Waals surface area (Å²) in [7, 11) is -4.29. The van der Waals surface area contributed by atoms with Gasteiger partial charge in [0.05, 0.1) is 46.6 Å². The Morgan fingerprint density at radius 1 is 0.970 bits per heavy atom. The number of benzene rings is 2. The second-order valence-electron chi connectivity index (χ2n) is 7.14. The topological polar surface area (TPSA) is 172 Å². The number of aliphatic imine (C=N–C) groups is 1. The minimum absolute atomic E-state index is 0.0313. The molecule has 1 aliphatic rings. The van der Waals surface area contributed by atoms with Crippen molar-refractivity contribution in [3.63, 3.8) is 0 Å². The number of aliphatic hydroxyl groups excluding tert-OH is 2. The van der Waals surface area contributed by atoms with Crippen LogP contribution in [0.15, 0.2) is 82.0 Å². The SMILES string of the molecule is N=C1C=C(N)/C(=N/c2ccc(N(CCO)CCO)cc2)C=C1Nc1ccc(S(=O)(=O)O)cc1. The normalized spacial score (nSPS) is 15.2. The Kier molecular flexibility index (Phi) is 7.61. The molecule has 0 radical (unpaired) electrons. The van der Waals surface area contributed by atoms with Gasteiger partial charge in [0, 0.05) is 24.5 Å². The summed E-state index contributed by atoms with van der Waals surface area (Å²) in [5.74, 6) is 0. The first kappa shape index (κ1) is 24.1. The summed E-state index contributed by atoms with van der Waals surface area (Å²) in [6, 6.07) is 12.7. The van der Waals surface area contributed by atoms with Crippen molar-refractivity contribution >= 4 is 38.6 Å². The van der Waals surface area contributed by atoms with E-state index in [1.807, 2.05) is 17.0 Å². The van der Waals surface area contributed by atoms with Crippen LogP contribution in [0.3, 0.4) is 0 Å². The molecule has 0 bridgehead atoms. The van der Waals surface area contributed by atoms with Crippen molar-refractivity contribution in [2.75, 3.05) is 36.5 Å². The lowest BCUT2D eigenvalue weighted by atomic mass is 10.0. The van der Waals surface area contributed by atoms with Crippen molar-refractivity contribution in [2.45, 2.75) is 4.90 Å². The summed E-state index contributed by atoms with van der Waals surface area (Å²) in [5.41, 5.74) is 9.34. The Morgan fingerprint density at radius 2 is 1.58 bits per heavy atom. The van der Waals surface area contributed by atoms with E-state index in [1.165, 1.54) is 30.3 Å². The van der Waals surface area contributed by atoms with Gasteiger partial charge in [0.1, 0.15) is 0 Å². The molecule has 33 heavy (non-hydrogen) atoms. The molecule has 2 aromatic carbocycles. The molecule has 0 aromatic heterocycles. The maximum absolute atomic E-state index is 11.2. The van der Waals surface area contributed by atoms with Gasteiger partial charge in [-0.25, -0.2) is 4.99 Å². The highest BCUT2D eigenvalue weighted by molar-refractivity contribution is 7.85. The molecule has 0 saturated heterocycles. The highest BCUT2D eigenvalue weighted by Gasteiger charge is 2.16. The van der Waals surface area contributed by atoms with E-state index in [1.54, 1.807) is 18.2 Å². The first-order chi connectivity index (χ1) is 15.7. The zero-order valence-corrected chi connectivity index (χ0v) is 18.5. The third-order valence-electron chi connectivity index (χ3n) is 4.80. The van der Waals surface area contributed by atoms with E-state index in [9.17, 15) is 18.6 Å². The number of allylic oxidation sites excluding steroid dienone is 2. The van der Waals surface area contributed by atoms with E-state index in [-0.39, 0.29) is 23.8 Å². The summed E-state index contributed by atoms with van der Waals surface area (Å²) in [5, 5.41) is 29.6. The van der Waals surface area contributed by atoms with Crippen molar-refractivity contribution in [1.29, 1.82) is 5.41 Å². The van der Waals surface area contributed by atoms with Gasteiger partial charge in [-0.15, -0.1) is 0 Å². The first-order valence-electron chi connectivity index (χ1n) is 9.99. The summed E-state index contributed by atoms with van der Waals surface area (Å²) in [6.07, 6.45) is 3.08. The zero-order valence-electron chi connectivity index (χ0n) is 17.6. The Balaban J connectivity index is 1.82. The lowest BCUT2D eigenvalue weighted by Gasteiger charge is -2.23. The van der Waals surface area contributed by atoms with Gasteiger partial charge in [-0.2, -0.15) is 8.42 Å². The van der Waals surface area contributed by atoms with Gasteiger partial charge in [0.2, 0.25) is 0 Å². The molecule has 11 heteroatoms. The van der Waals surface area contributed by atoms with Crippen LogP contribution in [-0.4, -0.2) is 60.9 Å². The highest BCUT2D eigenvalue weighted by atomic mass is 32.2. The summed E-state index contributed by atoms with van der Waals surface area (Å²) < 4.78 is 31.5. The number of anilines is 2. The maximum Gasteiger partial charge on any atom is 0.294 e. The number of hydrogen-bond acceptors (Lipinski definition) is 9. The molecule has 0 spiro atoms. The summed E-state index contributed by atoms with van der Waals surface area (Å²) in [4.78, 5) is 6.16. The highest BCUT2D eigenvalue weighted by Crippen LogP contribution is 2.23. The van der Waals surface area contributed by atoms with E-state index in [0.717, 1.165) is 5.69 Å². The fourth-order valence-electron chi connectivity index (χ4n) is 3.16. The molecule has 0 atom stereocenters. The van der Waals surface area contributed by atoms with Crippen LogP contribution >= 0.6 is 0 Å². The van der Waals surface area contributed by atoms with Gasteiger partial charge < -0.3 is 26.2 Å². The Labute approximate surface area is 191 Å². The first-order valence-corrected chi connectivity index (χ1v) is 11.4. The van der Waals surface area contributed by atoms with Crippen LogP contribution in [0.1, 0.15) is 0 Å². The molecule has 3 rings (SSSR count). The molecule has 174 valence electrons. The quantitative estimate of drug-likeness (QED) is 0.237. The van der Waals surface area contributed by atoms with Crippen LogP contribution in [0, 0.1) is 5.41 Å². The van der Waals surface area contributed by atoms with E-state index in [4.69, 9.17) is 15.7 Å². The van der Waals surface area contributed by atoms with Crippen molar-refractivity contribution in [3.8, 4) is 0 Å². The van der Waals surface area contributed by atoms with Crippen molar-refractivity contribution in [1.82, 2.24) is 0 Å². The third kappa shape index (κ3) is 6.26. The van der Waals surface area contributed by atoms with Crippen LogP contribution in [0.5, 0.6) is 0 Å². The lowest BCUT2D eigenvalue weighted by molar-refractivity contribution is 0.281. The Bertz CT molecular complexity index is 1200. The largest absolute Gasteiger partial charge is 0.397 e. The number of nitrogens with one attached hydrogen (secondary N) is 2. The average molecular weight is 472 g/mol. The number of nitrogens with two attached hydrogens (primary N) is 1. The van der Waals surface area contributed by atoms with E-state index < -0.39 is 10.1 Å². The minimum Gasteiger partial charge on any atom is -0.397 e. The predicted molar refractivity (Wildman–Crippen MR) is 128 cm³/mol. The Hall–Kier alpha value is -3.51. The molecule has 2 aromatic rings. The molecule has 0 aliphatic heterocycles. The van der Waals surface area contributed by atoms with Gasteiger partial charge in [0.25, 0.3) is 10.1 Å². The lowest BCUT2D eigenvalue weighted by Crippen LogP contribution is -2.29. The van der Waals surface area contributed by atoms with Crippen LogP contribution in [0.25, 0.3) is 0 Å². The van der Waals surface area contributed by atoms with Gasteiger partial charge in [0.15, 0.2) is 0 Å². The van der Waals surface area contributed by atoms with Crippen molar-refractivity contribution < 1.29 is 23.2 Å². The van der Waals surface area contributed by atoms with Crippen LogP contribution in [-0.2, 0) is 10.1 Å². The molecule has 0 heterocycles. The van der Waals surface area contributed by atoms with Crippen LogP contribution in [0.2, 0.25) is 0 Å². The summed E-state index contributed by atoms with van der Waals surface area (Å²) in [6.45, 7) is 0.733. The fourth-order valence-corrected chi connectivity index (χ4v) is 3.64. The monoisotopic (exact) mass is 471 g/mol. The second kappa shape index (κ2) is 10.4. The summed E-state index contributed by atoms with van der Waals surface area (Å²) >= 11 is 0. The molecule has 1 aliphatic carbocycles. The van der Waals surface area contributed by atoms with E-state index in [2.05, 4.69) is 10.3 Å². The zero-order chi connectivity index (χ0) is 24.0. The van der Waals surface area contributed by atoms with Crippen molar-refractivity contribution in [3.05, 3.63) is 72.1 Å². The number of nitrogens with zero attached hydrogens (tertiary/aromatic N) is 2. The van der Waals surface area contributed by atoms with E-state index >= 15 is 0 Å². The fraction of sp³-hybridized carbons (Fsp3) is 0.182. The molecular weight excluding hydrogens is 446 g/mol. The number of hydrogen-bond donors (Lipinski definition) is 6. The molecule has 7 N–H and O–H groups in total. The molecular formula is C22H25N5O5S. The third-order valence-corrected chi connectivity index (χ3v) is 5.67. The van der Waals surface area contributed by atoms with Crippen LogP contribution in [0.4, 0.5) is 17.1 Å². The standard InChI is InChI=1S/C22H25N5O5S/c23-19-13-20(24)22(26-16-3-7-18(8-4-16)33(30,31)32)14-21(19)25-15-1-5-17(6-2-15)27(9-11-28)10-12-29/h1-8,13-14,24,26,28-29H,9-12,23H2,(H,30,31,32)/b24-20?,25-21+. The molecule has 0 amide bonds. The van der Waals surface area contributed by atoms with Gasteiger partial charge in [-0.1, -0.05) is 0 Å². The number of aliphatic hydroxyl groups is 2. The molecule has 0 saturated carbocycles. The molecule has 0 unspecified atom stereocenters. The predicted octanol–water partition coefficient (Wildman–Crippen LogP) is 1.67.